The van der Waals surface area contributed by atoms with E-state index in [4.69, 9.17) is 9.94 Å². The number of oxime groups is 1. The summed E-state index contributed by atoms with van der Waals surface area (Å²) < 4.78 is 0. The Kier molecular flexibility index (Phi) is 1.68. The van der Waals surface area contributed by atoms with Crippen molar-refractivity contribution in [1.29, 1.82) is 0 Å². The summed E-state index contributed by atoms with van der Waals surface area (Å²) in [6, 6.07) is 0. The van der Waals surface area contributed by atoms with Crippen molar-refractivity contribution in [2.45, 2.75) is 50.5 Å². The van der Waals surface area contributed by atoms with Crippen LogP contribution in [0.5, 0.6) is 0 Å². The maximum absolute atomic E-state index is 10.8. The van der Waals surface area contributed by atoms with Crippen LogP contribution in [0, 0.1) is 5.41 Å². The number of nitrogens with zero attached hydrogens (tertiary/aromatic N) is 1. The SMILES string of the molecule is O=C(O)C1=NOC2(CCCC3(CC3)C2)C1. The second kappa shape index (κ2) is 2.74. The van der Waals surface area contributed by atoms with Gasteiger partial charge in [-0.2, -0.15) is 0 Å². The van der Waals surface area contributed by atoms with E-state index in [2.05, 4.69) is 5.16 Å². The Labute approximate surface area is 88.3 Å². The van der Waals surface area contributed by atoms with Gasteiger partial charge in [0.25, 0.3) is 0 Å². The Morgan fingerprint density at radius 1 is 1.33 bits per heavy atom. The molecule has 1 aliphatic heterocycles. The fraction of sp³-hybridized carbons (Fsp3) is 0.818. The van der Waals surface area contributed by atoms with Crippen molar-refractivity contribution in [3.05, 3.63) is 0 Å². The van der Waals surface area contributed by atoms with Crippen LogP contribution in [-0.2, 0) is 9.63 Å². The molecular weight excluding hydrogens is 194 g/mol. The van der Waals surface area contributed by atoms with Crippen molar-refractivity contribution in [3.8, 4) is 0 Å². The first-order valence-corrected chi connectivity index (χ1v) is 5.62. The Balaban J connectivity index is 1.75. The van der Waals surface area contributed by atoms with E-state index in [1.165, 1.54) is 19.3 Å². The first-order chi connectivity index (χ1) is 7.13. The van der Waals surface area contributed by atoms with E-state index in [0.717, 1.165) is 19.3 Å². The largest absolute Gasteiger partial charge is 0.477 e. The predicted molar refractivity (Wildman–Crippen MR) is 53.6 cm³/mol. The van der Waals surface area contributed by atoms with Gasteiger partial charge in [0.1, 0.15) is 5.60 Å². The van der Waals surface area contributed by atoms with Crippen molar-refractivity contribution >= 4 is 11.7 Å². The van der Waals surface area contributed by atoms with Gasteiger partial charge in [0, 0.05) is 6.42 Å². The molecule has 3 rings (SSSR count). The average molecular weight is 209 g/mol. The van der Waals surface area contributed by atoms with Gasteiger partial charge < -0.3 is 9.94 Å². The third-order valence-electron chi connectivity index (χ3n) is 4.08. The van der Waals surface area contributed by atoms with Crippen molar-refractivity contribution in [1.82, 2.24) is 0 Å². The van der Waals surface area contributed by atoms with E-state index >= 15 is 0 Å². The van der Waals surface area contributed by atoms with Crippen molar-refractivity contribution < 1.29 is 14.7 Å². The van der Waals surface area contributed by atoms with E-state index in [0.29, 0.717) is 11.8 Å². The topological polar surface area (TPSA) is 58.9 Å². The molecule has 2 saturated carbocycles. The molecular formula is C11H15NO3. The zero-order valence-corrected chi connectivity index (χ0v) is 8.66. The van der Waals surface area contributed by atoms with Gasteiger partial charge in [-0.1, -0.05) is 5.16 Å². The summed E-state index contributed by atoms with van der Waals surface area (Å²) in [4.78, 5) is 16.2. The number of hydrogen-bond donors (Lipinski definition) is 1. The summed E-state index contributed by atoms with van der Waals surface area (Å²) in [5.41, 5.74) is 0.428. The second-order valence-electron chi connectivity index (χ2n) is 5.32. The molecule has 1 N–H and O–H groups in total. The number of carboxylic acid groups (broad SMARTS) is 1. The molecule has 0 aromatic rings. The van der Waals surface area contributed by atoms with E-state index in [1.807, 2.05) is 0 Å². The minimum atomic E-state index is -0.928. The van der Waals surface area contributed by atoms with Gasteiger partial charge in [0.05, 0.1) is 0 Å². The lowest BCUT2D eigenvalue weighted by atomic mass is 9.74. The Bertz CT molecular complexity index is 346. The van der Waals surface area contributed by atoms with Crippen LogP contribution in [0.3, 0.4) is 0 Å². The van der Waals surface area contributed by atoms with Crippen LogP contribution < -0.4 is 0 Å². The highest BCUT2D eigenvalue weighted by Crippen LogP contribution is 2.60. The van der Waals surface area contributed by atoms with Crippen LogP contribution in [0.15, 0.2) is 5.16 Å². The number of aliphatic carboxylic acids is 1. The van der Waals surface area contributed by atoms with Crippen LogP contribution in [-0.4, -0.2) is 22.4 Å². The molecule has 1 unspecified atom stereocenters. The van der Waals surface area contributed by atoms with Gasteiger partial charge in [-0.25, -0.2) is 4.79 Å². The molecule has 0 radical (unpaired) electrons. The average Bonchev–Trinajstić information content (AvgIpc) is 2.78. The van der Waals surface area contributed by atoms with Crippen LogP contribution in [0.25, 0.3) is 0 Å². The zero-order valence-electron chi connectivity index (χ0n) is 8.66. The highest BCUT2D eigenvalue weighted by atomic mass is 16.7. The van der Waals surface area contributed by atoms with Crippen molar-refractivity contribution in [2.75, 3.05) is 0 Å². The monoisotopic (exact) mass is 209 g/mol. The van der Waals surface area contributed by atoms with Crippen molar-refractivity contribution in [3.63, 3.8) is 0 Å². The molecule has 1 atom stereocenters. The molecule has 4 nitrogen and oxygen atoms in total. The molecule has 15 heavy (non-hydrogen) atoms. The van der Waals surface area contributed by atoms with Gasteiger partial charge in [0.2, 0.25) is 0 Å². The lowest BCUT2D eigenvalue weighted by Crippen LogP contribution is -2.37. The predicted octanol–water partition coefficient (Wildman–Crippen LogP) is 1.94. The third kappa shape index (κ3) is 1.43. The minimum Gasteiger partial charge on any atom is -0.477 e. The van der Waals surface area contributed by atoms with Gasteiger partial charge in [-0.3, -0.25) is 0 Å². The molecule has 0 saturated heterocycles. The van der Waals surface area contributed by atoms with E-state index in [1.54, 1.807) is 0 Å². The first-order valence-electron chi connectivity index (χ1n) is 5.62. The summed E-state index contributed by atoms with van der Waals surface area (Å²) in [6.07, 6.45) is 7.52. The fourth-order valence-corrected chi connectivity index (χ4v) is 3.11. The quantitative estimate of drug-likeness (QED) is 0.718. The van der Waals surface area contributed by atoms with E-state index < -0.39 is 5.97 Å². The molecule has 0 bridgehead atoms. The summed E-state index contributed by atoms with van der Waals surface area (Å²) in [5.74, 6) is -0.928. The lowest BCUT2D eigenvalue weighted by molar-refractivity contribution is -0.129. The van der Waals surface area contributed by atoms with Gasteiger partial charge in [-0.05, 0) is 43.9 Å². The normalized spacial score (nSPS) is 36.4. The highest BCUT2D eigenvalue weighted by molar-refractivity contribution is 6.36. The summed E-state index contributed by atoms with van der Waals surface area (Å²) in [7, 11) is 0. The van der Waals surface area contributed by atoms with E-state index in [9.17, 15) is 4.79 Å². The highest BCUT2D eigenvalue weighted by Gasteiger charge is 2.55. The summed E-state index contributed by atoms with van der Waals surface area (Å²) >= 11 is 0. The third-order valence-corrected chi connectivity index (χ3v) is 4.08. The van der Waals surface area contributed by atoms with Crippen LogP contribution in [0.2, 0.25) is 0 Å². The molecule has 4 heteroatoms. The molecule has 2 spiro atoms. The lowest BCUT2D eigenvalue weighted by Gasteiger charge is -2.35. The Morgan fingerprint density at radius 3 is 2.73 bits per heavy atom. The van der Waals surface area contributed by atoms with Crippen molar-refractivity contribution in [2.24, 2.45) is 10.6 Å². The second-order valence-corrected chi connectivity index (χ2v) is 5.32. The van der Waals surface area contributed by atoms with Crippen LogP contribution in [0.4, 0.5) is 0 Å². The molecule has 0 aromatic carbocycles. The molecule has 1 heterocycles. The van der Waals surface area contributed by atoms with Crippen LogP contribution >= 0.6 is 0 Å². The van der Waals surface area contributed by atoms with E-state index in [-0.39, 0.29) is 11.3 Å². The molecule has 2 fully saturated rings. The molecule has 0 aromatic heterocycles. The Morgan fingerprint density at radius 2 is 2.13 bits per heavy atom. The maximum atomic E-state index is 10.8. The standard InChI is InChI=1S/C11H15NO3/c13-9(14)8-6-11(15-12-8)3-1-2-10(7-11)4-5-10/h1-7H2,(H,13,14). The molecule has 2 aliphatic carbocycles. The molecule has 82 valence electrons. The van der Waals surface area contributed by atoms with Crippen LogP contribution in [0.1, 0.15) is 44.9 Å². The first kappa shape index (κ1) is 9.19. The number of rotatable bonds is 1. The van der Waals surface area contributed by atoms with Gasteiger partial charge in [-0.15, -0.1) is 0 Å². The minimum absolute atomic E-state index is 0.202. The molecule has 3 aliphatic rings. The zero-order chi connectivity index (χ0) is 10.5. The maximum Gasteiger partial charge on any atom is 0.353 e. The molecule has 0 amide bonds. The number of carbonyl (C=O) groups is 1. The Hall–Kier alpha value is -1.06. The smallest absolute Gasteiger partial charge is 0.353 e. The van der Waals surface area contributed by atoms with Gasteiger partial charge in [0.15, 0.2) is 5.71 Å². The fourth-order valence-electron chi connectivity index (χ4n) is 3.11. The summed E-state index contributed by atoms with van der Waals surface area (Å²) in [5, 5.41) is 12.6. The van der Waals surface area contributed by atoms with Gasteiger partial charge >= 0.3 is 5.97 Å². The number of carboxylic acids is 1. The summed E-state index contributed by atoms with van der Waals surface area (Å²) in [6.45, 7) is 0. The number of hydrogen-bond acceptors (Lipinski definition) is 3.